The topological polar surface area (TPSA) is 46.2 Å². The van der Waals surface area contributed by atoms with Crippen molar-refractivity contribution in [3.8, 4) is 0 Å². The first-order valence-corrected chi connectivity index (χ1v) is 10.7. The first-order chi connectivity index (χ1) is 11.5. The van der Waals surface area contributed by atoms with Crippen LogP contribution in [0.25, 0.3) is 0 Å². The Morgan fingerprint density at radius 1 is 1.04 bits per heavy atom. The molecule has 0 amide bonds. The fourth-order valence-corrected chi connectivity index (χ4v) is 4.80. The van der Waals surface area contributed by atoms with E-state index in [-0.39, 0.29) is 6.04 Å². The van der Waals surface area contributed by atoms with Gasteiger partial charge in [0, 0.05) is 10.5 Å². The maximum absolute atomic E-state index is 12.6. The molecular formula is C19H22BrNO2S. The lowest BCUT2D eigenvalue weighted by atomic mass is 9.89. The molecule has 1 N–H and O–H groups in total. The van der Waals surface area contributed by atoms with Crippen molar-refractivity contribution < 1.29 is 8.42 Å². The molecule has 1 atom stereocenters. The third kappa shape index (κ3) is 3.90. The average Bonchev–Trinajstić information content (AvgIpc) is 2.59. The lowest BCUT2D eigenvalue weighted by Gasteiger charge is -2.21. The zero-order valence-corrected chi connectivity index (χ0v) is 16.2. The molecule has 0 saturated heterocycles. The number of halogens is 1. The maximum Gasteiger partial charge on any atom is 0.241 e. The lowest BCUT2D eigenvalue weighted by Crippen LogP contribution is -2.28. The number of fused-ring (bicyclic) bond motifs is 1. The molecule has 1 aliphatic carbocycles. The molecule has 2 aromatic rings. The van der Waals surface area contributed by atoms with Gasteiger partial charge in [-0.3, -0.25) is 0 Å². The second-order valence-corrected chi connectivity index (χ2v) is 8.90. The van der Waals surface area contributed by atoms with E-state index in [2.05, 4.69) is 38.9 Å². The fourth-order valence-electron chi connectivity index (χ4n) is 3.23. The zero-order valence-electron chi connectivity index (χ0n) is 13.8. The summed E-state index contributed by atoms with van der Waals surface area (Å²) >= 11 is 3.33. The number of hydrogen-bond acceptors (Lipinski definition) is 2. The molecule has 2 aromatic carbocycles. The summed E-state index contributed by atoms with van der Waals surface area (Å²) in [5, 5.41) is 0. The molecule has 5 heteroatoms. The Labute approximate surface area is 152 Å². The molecule has 0 saturated carbocycles. The summed E-state index contributed by atoms with van der Waals surface area (Å²) in [5.41, 5.74) is 3.84. The second kappa shape index (κ2) is 7.38. The van der Waals surface area contributed by atoms with E-state index in [0.29, 0.717) is 11.3 Å². The predicted octanol–water partition coefficient (Wildman–Crippen LogP) is 4.76. The van der Waals surface area contributed by atoms with Crippen molar-refractivity contribution in [3.05, 3.63) is 63.6 Å². The molecule has 24 heavy (non-hydrogen) atoms. The normalized spacial score (nSPS) is 15.8. The van der Waals surface area contributed by atoms with E-state index in [1.807, 2.05) is 6.92 Å². The third-order valence-corrected chi connectivity index (χ3v) is 6.62. The molecule has 0 heterocycles. The van der Waals surface area contributed by atoms with Crippen LogP contribution in [-0.2, 0) is 22.9 Å². The first-order valence-electron chi connectivity index (χ1n) is 8.39. The number of benzene rings is 2. The second-order valence-electron chi connectivity index (χ2n) is 6.27. The summed E-state index contributed by atoms with van der Waals surface area (Å²) in [6.45, 7) is 2.01. The van der Waals surface area contributed by atoms with Crippen LogP contribution in [0.5, 0.6) is 0 Å². The molecule has 128 valence electrons. The standard InChI is InChI=1S/C19H22BrNO2S/c1-2-19(16-8-7-14-5-3-4-6-15(14)13-16)21-24(22,23)18-11-9-17(20)10-12-18/h7-13,19,21H,2-6H2,1H3. The molecule has 1 unspecified atom stereocenters. The Kier molecular flexibility index (Phi) is 5.42. The minimum absolute atomic E-state index is 0.203. The van der Waals surface area contributed by atoms with Gasteiger partial charge in [0.05, 0.1) is 4.90 Å². The molecule has 0 aliphatic heterocycles. The van der Waals surface area contributed by atoms with Crippen molar-refractivity contribution in [2.24, 2.45) is 0 Å². The van der Waals surface area contributed by atoms with Gasteiger partial charge in [-0.25, -0.2) is 13.1 Å². The van der Waals surface area contributed by atoms with Crippen molar-refractivity contribution >= 4 is 26.0 Å². The summed E-state index contributed by atoms with van der Waals surface area (Å²) in [6, 6.07) is 12.9. The average molecular weight is 408 g/mol. The van der Waals surface area contributed by atoms with Crippen LogP contribution in [0.15, 0.2) is 51.8 Å². The van der Waals surface area contributed by atoms with E-state index in [1.165, 1.54) is 24.0 Å². The summed E-state index contributed by atoms with van der Waals surface area (Å²) in [6.07, 6.45) is 5.42. The van der Waals surface area contributed by atoms with Crippen LogP contribution >= 0.6 is 15.9 Å². The minimum atomic E-state index is -3.53. The summed E-state index contributed by atoms with van der Waals surface area (Å²) in [7, 11) is -3.53. The SMILES string of the molecule is CCC(NS(=O)(=O)c1ccc(Br)cc1)c1ccc2c(c1)CCCC2. The van der Waals surface area contributed by atoms with Gasteiger partial charge in [-0.15, -0.1) is 0 Å². The van der Waals surface area contributed by atoms with Crippen molar-refractivity contribution in [3.63, 3.8) is 0 Å². The van der Waals surface area contributed by atoms with Gasteiger partial charge in [-0.05, 0) is 73.1 Å². The highest BCUT2D eigenvalue weighted by molar-refractivity contribution is 9.10. The first kappa shape index (κ1) is 17.6. The van der Waals surface area contributed by atoms with Gasteiger partial charge < -0.3 is 0 Å². The Balaban J connectivity index is 1.85. The zero-order chi connectivity index (χ0) is 17.2. The van der Waals surface area contributed by atoms with Crippen molar-refractivity contribution in [1.29, 1.82) is 0 Å². The van der Waals surface area contributed by atoms with Crippen LogP contribution in [0.4, 0.5) is 0 Å². The van der Waals surface area contributed by atoms with Crippen molar-refractivity contribution in [2.75, 3.05) is 0 Å². The number of nitrogens with one attached hydrogen (secondary N) is 1. The van der Waals surface area contributed by atoms with Crippen LogP contribution in [0, 0.1) is 0 Å². The summed E-state index contributed by atoms with van der Waals surface area (Å²) in [4.78, 5) is 0.294. The molecular weight excluding hydrogens is 386 g/mol. The number of hydrogen-bond donors (Lipinski definition) is 1. The Bertz CT molecular complexity index is 816. The summed E-state index contributed by atoms with van der Waals surface area (Å²) in [5.74, 6) is 0. The van der Waals surface area contributed by atoms with E-state index in [4.69, 9.17) is 0 Å². The number of sulfonamides is 1. The smallest absolute Gasteiger partial charge is 0.207 e. The van der Waals surface area contributed by atoms with Crippen LogP contribution in [0.3, 0.4) is 0 Å². The van der Waals surface area contributed by atoms with E-state index < -0.39 is 10.0 Å². The van der Waals surface area contributed by atoms with Gasteiger partial charge >= 0.3 is 0 Å². The molecule has 0 spiro atoms. The number of aryl methyl sites for hydroxylation is 2. The molecule has 3 rings (SSSR count). The van der Waals surface area contributed by atoms with Crippen LogP contribution in [-0.4, -0.2) is 8.42 Å². The monoisotopic (exact) mass is 407 g/mol. The predicted molar refractivity (Wildman–Crippen MR) is 101 cm³/mol. The van der Waals surface area contributed by atoms with Gasteiger partial charge in [0.25, 0.3) is 0 Å². The number of rotatable bonds is 5. The van der Waals surface area contributed by atoms with E-state index in [9.17, 15) is 8.42 Å². The van der Waals surface area contributed by atoms with Crippen LogP contribution in [0.1, 0.15) is 48.9 Å². The Hall–Kier alpha value is -1.17. The van der Waals surface area contributed by atoms with Crippen molar-refractivity contribution in [1.82, 2.24) is 4.72 Å². The highest BCUT2D eigenvalue weighted by Gasteiger charge is 2.21. The maximum atomic E-state index is 12.6. The van der Waals surface area contributed by atoms with Gasteiger partial charge in [0.15, 0.2) is 0 Å². The largest absolute Gasteiger partial charge is 0.241 e. The van der Waals surface area contributed by atoms with Gasteiger partial charge in [0.2, 0.25) is 10.0 Å². The lowest BCUT2D eigenvalue weighted by molar-refractivity contribution is 0.549. The highest BCUT2D eigenvalue weighted by atomic mass is 79.9. The minimum Gasteiger partial charge on any atom is -0.207 e. The van der Waals surface area contributed by atoms with Crippen LogP contribution in [0.2, 0.25) is 0 Å². The molecule has 0 bridgehead atoms. The molecule has 0 radical (unpaired) electrons. The molecule has 0 aromatic heterocycles. The third-order valence-electron chi connectivity index (χ3n) is 4.60. The van der Waals surface area contributed by atoms with Crippen LogP contribution < -0.4 is 4.72 Å². The van der Waals surface area contributed by atoms with Crippen molar-refractivity contribution in [2.45, 2.75) is 50.0 Å². The molecule has 0 fully saturated rings. The Morgan fingerprint density at radius 3 is 2.38 bits per heavy atom. The quantitative estimate of drug-likeness (QED) is 0.776. The fraction of sp³-hybridized carbons (Fsp3) is 0.368. The van der Waals surface area contributed by atoms with E-state index in [0.717, 1.165) is 22.9 Å². The van der Waals surface area contributed by atoms with E-state index >= 15 is 0 Å². The van der Waals surface area contributed by atoms with E-state index in [1.54, 1.807) is 24.3 Å². The highest BCUT2D eigenvalue weighted by Crippen LogP contribution is 2.27. The van der Waals surface area contributed by atoms with Gasteiger partial charge in [-0.2, -0.15) is 0 Å². The van der Waals surface area contributed by atoms with Gasteiger partial charge in [0.1, 0.15) is 0 Å². The summed E-state index contributed by atoms with van der Waals surface area (Å²) < 4.78 is 29.0. The van der Waals surface area contributed by atoms with Gasteiger partial charge in [-0.1, -0.05) is 41.1 Å². The molecule has 1 aliphatic rings. The Morgan fingerprint density at radius 2 is 1.71 bits per heavy atom. The molecule has 3 nitrogen and oxygen atoms in total.